The smallest absolute Gasteiger partial charge is 0.294 e. The fourth-order valence-corrected chi connectivity index (χ4v) is 2.44. The number of amidine groups is 1. The zero-order valence-electron chi connectivity index (χ0n) is 12.6. The first-order chi connectivity index (χ1) is 10.2. The highest BCUT2D eigenvalue weighted by Gasteiger charge is 2.24. The summed E-state index contributed by atoms with van der Waals surface area (Å²) < 4.78 is 29.6. The number of benzene rings is 1. The van der Waals surface area contributed by atoms with Crippen molar-refractivity contribution in [2.45, 2.75) is 31.2 Å². The van der Waals surface area contributed by atoms with Crippen molar-refractivity contribution in [3.63, 3.8) is 0 Å². The van der Waals surface area contributed by atoms with Gasteiger partial charge in [0.15, 0.2) is 0 Å². The average molecular weight is 326 g/mol. The molecule has 0 fully saturated rings. The molecule has 1 heterocycles. The van der Waals surface area contributed by atoms with E-state index in [0.29, 0.717) is 5.84 Å². The minimum atomic E-state index is -4.02. The molecule has 6 N–H and O–H groups in total. The second kappa shape index (κ2) is 7.50. The van der Waals surface area contributed by atoms with Crippen molar-refractivity contribution < 1.29 is 13.0 Å². The van der Waals surface area contributed by atoms with Gasteiger partial charge in [-0.15, -0.1) is 0 Å². The molecule has 1 aromatic carbocycles. The molecule has 1 aliphatic heterocycles. The molecule has 0 amide bonds. The number of nitrogens with one attached hydrogen (secondary N) is 1. The topological polar surface area (TPSA) is 133 Å². The molecule has 8 heteroatoms. The Morgan fingerprint density at radius 2 is 1.86 bits per heavy atom. The largest absolute Gasteiger partial charge is 0.324 e. The van der Waals surface area contributed by atoms with Crippen molar-refractivity contribution in [1.82, 2.24) is 5.01 Å². The van der Waals surface area contributed by atoms with E-state index in [1.165, 1.54) is 17.1 Å². The zero-order chi connectivity index (χ0) is 16.9. The van der Waals surface area contributed by atoms with E-state index in [9.17, 15) is 8.42 Å². The number of nitrogens with two attached hydrogens (primary N) is 2. The van der Waals surface area contributed by atoms with Gasteiger partial charge in [0.2, 0.25) is 0 Å². The van der Waals surface area contributed by atoms with Crippen molar-refractivity contribution >= 4 is 16.0 Å². The molecule has 122 valence electrons. The molecule has 0 radical (unpaired) electrons. The van der Waals surface area contributed by atoms with E-state index in [1.54, 1.807) is 18.3 Å². The van der Waals surface area contributed by atoms with Crippen LogP contribution in [0.25, 0.3) is 0 Å². The summed E-state index contributed by atoms with van der Waals surface area (Å²) in [5.74, 6) is 5.95. The highest BCUT2D eigenvalue weighted by Crippen LogP contribution is 2.15. The summed E-state index contributed by atoms with van der Waals surface area (Å²) in [6.07, 6.45) is 4.32. The van der Waals surface area contributed by atoms with Crippen LogP contribution in [-0.4, -0.2) is 29.9 Å². The number of rotatable bonds is 2. The molecule has 2 rings (SSSR count). The van der Waals surface area contributed by atoms with Gasteiger partial charge in [-0.1, -0.05) is 24.6 Å². The molecule has 0 bridgehead atoms. The van der Waals surface area contributed by atoms with Gasteiger partial charge in [0, 0.05) is 18.2 Å². The fourth-order valence-electron chi connectivity index (χ4n) is 1.96. The maximum atomic E-state index is 10.5. The number of hydrogen-bond donors (Lipinski definition) is 4. The van der Waals surface area contributed by atoms with Gasteiger partial charge in [-0.05, 0) is 31.6 Å². The number of nitrogens with zero attached hydrogens (tertiary/aromatic N) is 1. The van der Waals surface area contributed by atoms with Crippen molar-refractivity contribution in [2.75, 3.05) is 0 Å². The van der Waals surface area contributed by atoms with Gasteiger partial charge in [-0.25, -0.2) is 5.84 Å². The quantitative estimate of drug-likeness (QED) is 0.477. The van der Waals surface area contributed by atoms with E-state index < -0.39 is 10.1 Å². The lowest BCUT2D eigenvalue weighted by Gasteiger charge is -2.30. The second-order valence-corrected chi connectivity index (χ2v) is 6.44. The van der Waals surface area contributed by atoms with Crippen molar-refractivity contribution in [3.05, 3.63) is 42.1 Å². The molecule has 0 aromatic heterocycles. The van der Waals surface area contributed by atoms with Gasteiger partial charge in [0.25, 0.3) is 10.1 Å². The molecular formula is C14H22N4O3S. The molecule has 7 nitrogen and oxygen atoms in total. The van der Waals surface area contributed by atoms with Crippen LogP contribution >= 0.6 is 0 Å². The van der Waals surface area contributed by atoms with Crippen LogP contribution < -0.4 is 11.6 Å². The Morgan fingerprint density at radius 3 is 2.27 bits per heavy atom. The van der Waals surface area contributed by atoms with Gasteiger partial charge >= 0.3 is 0 Å². The summed E-state index contributed by atoms with van der Waals surface area (Å²) in [7, 11) is -4.02. The third kappa shape index (κ3) is 4.92. The first-order valence-corrected chi connectivity index (χ1v) is 8.21. The van der Waals surface area contributed by atoms with Crippen molar-refractivity contribution in [2.24, 2.45) is 17.5 Å². The van der Waals surface area contributed by atoms with Crippen LogP contribution in [0.2, 0.25) is 0 Å². The van der Waals surface area contributed by atoms with Crippen molar-refractivity contribution in [3.8, 4) is 0 Å². The SMILES string of the molecule is CCC1C(=N)N(N)C=CC1N.Cc1ccc(S(=O)(=O)O)cc1. The summed E-state index contributed by atoms with van der Waals surface area (Å²) in [5.41, 5.74) is 6.69. The van der Waals surface area contributed by atoms with Crippen LogP contribution in [0.3, 0.4) is 0 Å². The Balaban J connectivity index is 0.000000220. The predicted molar refractivity (Wildman–Crippen MR) is 85.6 cm³/mol. The predicted octanol–water partition coefficient (Wildman–Crippen LogP) is 1.26. The first-order valence-electron chi connectivity index (χ1n) is 6.77. The van der Waals surface area contributed by atoms with Gasteiger partial charge in [0.1, 0.15) is 5.84 Å². The lowest BCUT2D eigenvalue weighted by Crippen LogP contribution is -2.47. The lowest BCUT2D eigenvalue weighted by atomic mass is 9.94. The molecule has 0 saturated heterocycles. The fraction of sp³-hybridized carbons (Fsp3) is 0.357. The molecule has 1 aliphatic rings. The molecule has 2 unspecified atom stereocenters. The minimum Gasteiger partial charge on any atom is -0.324 e. The normalized spacial score (nSPS) is 21.3. The van der Waals surface area contributed by atoms with E-state index in [2.05, 4.69) is 0 Å². The van der Waals surface area contributed by atoms with E-state index in [4.69, 9.17) is 21.5 Å². The van der Waals surface area contributed by atoms with Crippen LogP contribution in [0.1, 0.15) is 18.9 Å². The first kappa shape index (κ1) is 18.3. The van der Waals surface area contributed by atoms with Crippen LogP contribution in [0.15, 0.2) is 41.4 Å². The molecule has 1 aromatic rings. The van der Waals surface area contributed by atoms with Gasteiger partial charge in [-0.3, -0.25) is 15.0 Å². The maximum absolute atomic E-state index is 10.5. The monoisotopic (exact) mass is 326 g/mol. The van der Waals surface area contributed by atoms with Crippen LogP contribution in [-0.2, 0) is 10.1 Å². The molecule has 22 heavy (non-hydrogen) atoms. The third-order valence-electron chi connectivity index (χ3n) is 3.32. The Labute approximate surface area is 130 Å². The molecule has 2 atom stereocenters. The van der Waals surface area contributed by atoms with E-state index in [0.717, 1.165) is 12.0 Å². The van der Waals surface area contributed by atoms with Crippen LogP contribution in [0, 0.1) is 18.3 Å². The Morgan fingerprint density at radius 1 is 1.32 bits per heavy atom. The molecular weight excluding hydrogens is 304 g/mol. The lowest BCUT2D eigenvalue weighted by molar-refractivity contribution is 0.456. The summed E-state index contributed by atoms with van der Waals surface area (Å²) in [5, 5.41) is 8.87. The van der Waals surface area contributed by atoms with Crippen LogP contribution in [0.5, 0.6) is 0 Å². The number of aryl methyl sites for hydroxylation is 1. The Bertz CT molecular complexity index is 641. The van der Waals surface area contributed by atoms with Crippen LogP contribution in [0.4, 0.5) is 0 Å². The molecule has 0 saturated carbocycles. The van der Waals surface area contributed by atoms with E-state index >= 15 is 0 Å². The highest BCUT2D eigenvalue weighted by molar-refractivity contribution is 7.85. The summed E-state index contributed by atoms with van der Waals surface area (Å²) in [4.78, 5) is -0.0666. The number of hydrogen-bond acceptors (Lipinski definition) is 5. The van der Waals surface area contributed by atoms with Gasteiger partial charge < -0.3 is 5.73 Å². The average Bonchev–Trinajstić information content (AvgIpc) is 2.44. The third-order valence-corrected chi connectivity index (χ3v) is 4.19. The Hall–Kier alpha value is -1.74. The Kier molecular flexibility index (Phi) is 6.24. The number of hydrazine groups is 1. The minimum absolute atomic E-state index is 0.0488. The van der Waals surface area contributed by atoms with Gasteiger partial charge in [-0.2, -0.15) is 8.42 Å². The molecule has 0 aliphatic carbocycles. The van der Waals surface area contributed by atoms with Gasteiger partial charge in [0.05, 0.1) is 4.90 Å². The summed E-state index contributed by atoms with van der Waals surface area (Å²) in [6.45, 7) is 3.85. The molecule has 0 spiro atoms. The second-order valence-electron chi connectivity index (χ2n) is 5.01. The summed E-state index contributed by atoms with van der Waals surface area (Å²) in [6, 6.07) is 5.94. The highest BCUT2D eigenvalue weighted by atomic mass is 32.2. The van der Waals surface area contributed by atoms with E-state index in [-0.39, 0.29) is 16.9 Å². The summed E-state index contributed by atoms with van der Waals surface area (Å²) >= 11 is 0. The maximum Gasteiger partial charge on any atom is 0.294 e. The standard InChI is InChI=1S/C7H14N4.C7H8O3S/c1-2-5-6(8)3-4-11(10)7(5)9;1-6-2-4-7(5-3-6)11(8,9)10/h3-6,9H,2,8,10H2,1H3;2-5H,1H3,(H,8,9,10). The van der Waals surface area contributed by atoms with Crippen molar-refractivity contribution in [1.29, 1.82) is 5.41 Å². The van der Waals surface area contributed by atoms with E-state index in [1.807, 2.05) is 19.9 Å². The zero-order valence-corrected chi connectivity index (χ0v) is 13.4.